The number of aromatic nitrogens is 1. The van der Waals surface area contributed by atoms with Crippen molar-refractivity contribution < 1.29 is 22.7 Å². The second-order valence-corrected chi connectivity index (χ2v) is 10.8. The van der Waals surface area contributed by atoms with Gasteiger partial charge in [-0.3, -0.25) is 9.69 Å². The number of pyridine rings is 1. The van der Waals surface area contributed by atoms with Crippen LogP contribution in [-0.4, -0.2) is 53.2 Å². The number of carbonyl (C=O) groups is 1. The number of hydrogen-bond donors (Lipinski definition) is 0. The van der Waals surface area contributed by atoms with Gasteiger partial charge in [0, 0.05) is 57.6 Å². The van der Waals surface area contributed by atoms with Crippen LogP contribution in [0.5, 0.6) is 5.75 Å². The summed E-state index contributed by atoms with van der Waals surface area (Å²) in [4.78, 5) is 24.3. The molecule has 0 unspecified atom stereocenters. The number of piperazine rings is 1. The number of unbranched alkanes of at least 4 members (excludes halogenated alkanes) is 2. The van der Waals surface area contributed by atoms with Gasteiger partial charge in [-0.05, 0) is 59.4 Å². The first-order valence-corrected chi connectivity index (χ1v) is 14.3. The normalized spacial score (nSPS) is 15.5. The average Bonchev–Trinajstić information content (AvgIpc) is 3.28. The summed E-state index contributed by atoms with van der Waals surface area (Å²) in [5, 5.41) is 9.45. The molecular weight excluding hydrogens is 543 g/mol. The fourth-order valence-corrected chi connectivity index (χ4v) is 5.79. The minimum atomic E-state index is -4.74. The topological polar surface area (TPSA) is 72.7 Å². The lowest BCUT2D eigenvalue weighted by Crippen LogP contribution is -2.46. The van der Waals surface area contributed by atoms with Crippen LogP contribution in [-0.2, 0) is 26.1 Å². The fourth-order valence-electron chi connectivity index (χ4n) is 5.79. The molecule has 5 rings (SSSR count). The van der Waals surface area contributed by atoms with E-state index in [1.807, 2.05) is 0 Å². The lowest BCUT2D eigenvalue weighted by atomic mass is 9.95. The van der Waals surface area contributed by atoms with E-state index in [-0.39, 0.29) is 11.7 Å². The van der Waals surface area contributed by atoms with Crippen molar-refractivity contribution in [1.29, 1.82) is 5.26 Å². The first-order chi connectivity index (χ1) is 20.2. The van der Waals surface area contributed by atoms with Crippen molar-refractivity contribution in [2.45, 2.75) is 58.6 Å². The number of alkyl halides is 3. The molecule has 2 aromatic carbocycles. The molecule has 0 N–H and O–H groups in total. The van der Waals surface area contributed by atoms with Crippen molar-refractivity contribution in [3.63, 3.8) is 0 Å². The summed E-state index contributed by atoms with van der Waals surface area (Å²) in [5.41, 5.74) is 5.35. The number of halogens is 3. The second kappa shape index (κ2) is 12.8. The van der Waals surface area contributed by atoms with Crippen LogP contribution >= 0.6 is 0 Å². The fraction of sp³-hybridized carbons (Fsp3) is 0.406. The molecule has 7 nitrogen and oxygen atoms in total. The molecule has 42 heavy (non-hydrogen) atoms. The number of anilines is 1. The zero-order chi connectivity index (χ0) is 29.7. The SMILES string of the molecule is CCCCCc1cc(CN2CCN(c3ncccc3C#N)CC2)cc2c1C(=O)N(Cc1ccc(OC(F)(F)F)cc1)C2. The largest absolute Gasteiger partial charge is 0.573 e. The molecule has 0 bridgehead atoms. The van der Waals surface area contributed by atoms with Crippen molar-refractivity contribution in [2.75, 3.05) is 31.1 Å². The predicted octanol–water partition coefficient (Wildman–Crippen LogP) is 6.06. The third kappa shape index (κ3) is 7.02. The van der Waals surface area contributed by atoms with Crippen molar-refractivity contribution in [2.24, 2.45) is 0 Å². The minimum absolute atomic E-state index is 0.0315. The second-order valence-electron chi connectivity index (χ2n) is 10.8. The Morgan fingerprint density at radius 2 is 1.76 bits per heavy atom. The molecule has 10 heteroatoms. The number of aryl methyl sites for hydroxylation is 1. The maximum atomic E-state index is 13.5. The van der Waals surface area contributed by atoms with Crippen molar-refractivity contribution in [1.82, 2.24) is 14.8 Å². The van der Waals surface area contributed by atoms with Crippen LogP contribution in [0.3, 0.4) is 0 Å². The van der Waals surface area contributed by atoms with Gasteiger partial charge in [0.25, 0.3) is 5.91 Å². The lowest BCUT2D eigenvalue weighted by Gasteiger charge is -2.35. The third-order valence-electron chi connectivity index (χ3n) is 7.79. The quantitative estimate of drug-likeness (QED) is 0.273. The number of rotatable bonds is 10. The standard InChI is InChI=1S/C32H34F3N5O2/c1-2-3-4-6-25-17-24(20-38-13-15-39(16-14-38)30-26(19-36)7-5-12-37-30)18-27-22-40(31(41)29(25)27)21-23-8-10-28(11-9-23)42-32(33,34)35/h5,7-12,17-18H,2-4,6,13-16,20-22H2,1H3. The lowest BCUT2D eigenvalue weighted by molar-refractivity contribution is -0.274. The van der Waals surface area contributed by atoms with E-state index in [4.69, 9.17) is 0 Å². The first kappa shape index (κ1) is 29.4. The highest BCUT2D eigenvalue weighted by Crippen LogP contribution is 2.31. The Morgan fingerprint density at radius 3 is 2.45 bits per heavy atom. The molecule has 1 aromatic heterocycles. The van der Waals surface area contributed by atoms with E-state index in [2.05, 4.69) is 44.6 Å². The van der Waals surface area contributed by atoms with Gasteiger partial charge in [-0.1, -0.05) is 44.0 Å². The number of nitrogens with zero attached hydrogens (tertiary/aromatic N) is 5. The molecule has 1 amide bonds. The van der Waals surface area contributed by atoms with E-state index in [0.29, 0.717) is 18.7 Å². The number of nitriles is 1. The maximum absolute atomic E-state index is 13.5. The molecule has 0 saturated carbocycles. The third-order valence-corrected chi connectivity index (χ3v) is 7.79. The monoisotopic (exact) mass is 577 g/mol. The Bertz CT molecular complexity index is 1440. The van der Waals surface area contributed by atoms with Gasteiger partial charge in [0.2, 0.25) is 0 Å². The summed E-state index contributed by atoms with van der Waals surface area (Å²) in [6.45, 7) is 6.93. The van der Waals surface area contributed by atoms with E-state index < -0.39 is 6.36 Å². The van der Waals surface area contributed by atoms with Gasteiger partial charge in [0.1, 0.15) is 17.6 Å². The van der Waals surface area contributed by atoms with Crippen LogP contribution in [0.2, 0.25) is 0 Å². The number of fused-ring (bicyclic) bond motifs is 1. The Kier molecular flexibility index (Phi) is 8.97. The summed E-state index contributed by atoms with van der Waals surface area (Å²) < 4.78 is 41.5. The van der Waals surface area contributed by atoms with Crippen molar-refractivity contribution in [3.8, 4) is 11.8 Å². The number of ether oxygens (including phenoxy) is 1. The Labute approximate surface area is 244 Å². The smallest absolute Gasteiger partial charge is 0.406 e. The van der Waals surface area contributed by atoms with E-state index >= 15 is 0 Å². The van der Waals surface area contributed by atoms with E-state index in [1.54, 1.807) is 35.4 Å². The Hall–Kier alpha value is -4.10. The van der Waals surface area contributed by atoms with Crippen LogP contribution in [0.15, 0.2) is 54.7 Å². The van der Waals surface area contributed by atoms with Crippen LogP contribution in [0.4, 0.5) is 19.0 Å². The Morgan fingerprint density at radius 1 is 1.00 bits per heavy atom. The van der Waals surface area contributed by atoms with Crippen LogP contribution < -0.4 is 9.64 Å². The number of benzene rings is 2. The highest BCUT2D eigenvalue weighted by molar-refractivity contribution is 6.00. The maximum Gasteiger partial charge on any atom is 0.573 e. The molecule has 0 radical (unpaired) electrons. The summed E-state index contributed by atoms with van der Waals surface area (Å²) in [5.74, 6) is 0.420. The van der Waals surface area contributed by atoms with Crippen molar-refractivity contribution in [3.05, 3.63) is 88.1 Å². The molecule has 1 saturated heterocycles. The first-order valence-electron chi connectivity index (χ1n) is 14.3. The average molecular weight is 578 g/mol. The summed E-state index contributed by atoms with van der Waals surface area (Å²) in [6, 6.07) is 15.8. The van der Waals surface area contributed by atoms with Crippen LogP contribution in [0.25, 0.3) is 0 Å². The molecular formula is C32H34F3N5O2. The van der Waals surface area contributed by atoms with Gasteiger partial charge in [-0.2, -0.15) is 5.26 Å². The summed E-state index contributed by atoms with van der Waals surface area (Å²) >= 11 is 0. The molecule has 2 aliphatic heterocycles. The van der Waals surface area contributed by atoms with E-state index in [9.17, 15) is 23.2 Å². The number of carbonyl (C=O) groups excluding carboxylic acids is 1. The zero-order valence-electron chi connectivity index (χ0n) is 23.7. The Balaban J connectivity index is 1.28. The molecule has 1 fully saturated rings. The van der Waals surface area contributed by atoms with Gasteiger partial charge in [-0.15, -0.1) is 13.2 Å². The molecule has 3 heterocycles. The highest BCUT2D eigenvalue weighted by atomic mass is 19.4. The molecule has 0 aliphatic carbocycles. The van der Waals surface area contributed by atoms with Crippen LogP contribution in [0, 0.1) is 11.3 Å². The van der Waals surface area contributed by atoms with Crippen molar-refractivity contribution >= 4 is 11.7 Å². The summed E-state index contributed by atoms with van der Waals surface area (Å²) in [7, 11) is 0. The van der Waals surface area contributed by atoms with Gasteiger partial charge >= 0.3 is 6.36 Å². The van der Waals surface area contributed by atoms with Gasteiger partial charge in [0.05, 0.1) is 5.56 Å². The summed E-state index contributed by atoms with van der Waals surface area (Å²) in [6.07, 6.45) is 0.984. The molecule has 3 aromatic rings. The highest BCUT2D eigenvalue weighted by Gasteiger charge is 2.32. The minimum Gasteiger partial charge on any atom is -0.406 e. The van der Waals surface area contributed by atoms with Gasteiger partial charge in [0.15, 0.2) is 0 Å². The number of amides is 1. The predicted molar refractivity (Wildman–Crippen MR) is 153 cm³/mol. The molecule has 2 aliphatic rings. The number of hydrogen-bond acceptors (Lipinski definition) is 6. The van der Waals surface area contributed by atoms with Gasteiger partial charge < -0.3 is 14.5 Å². The van der Waals surface area contributed by atoms with E-state index in [0.717, 1.165) is 86.5 Å². The zero-order valence-corrected chi connectivity index (χ0v) is 23.7. The van der Waals surface area contributed by atoms with Gasteiger partial charge in [-0.25, -0.2) is 4.98 Å². The molecule has 0 atom stereocenters. The van der Waals surface area contributed by atoms with Crippen LogP contribution in [0.1, 0.15) is 64.4 Å². The molecule has 0 spiro atoms. The van der Waals surface area contributed by atoms with E-state index in [1.165, 1.54) is 17.7 Å². The molecule has 220 valence electrons.